The van der Waals surface area contributed by atoms with Crippen LogP contribution in [0, 0.1) is 0 Å². The molecule has 0 saturated carbocycles. The molecule has 0 aliphatic heterocycles. The molecule has 0 bridgehead atoms. The Morgan fingerprint density at radius 1 is 1.10 bits per heavy atom. The van der Waals surface area contributed by atoms with Crippen molar-refractivity contribution in [2.24, 2.45) is 0 Å². The Labute approximate surface area is 118 Å². The molecule has 0 radical (unpaired) electrons. The molecule has 6 nitrogen and oxygen atoms in total. The van der Waals surface area contributed by atoms with Crippen molar-refractivity contribution in [2.75, 3.05) is 27.9 Å². The minimum absolute atomic E-state index is 0.0953. The van der Waals surface area contributed by atoms with Gasteiger partial charge in [-0.25, -0.2) is 4.79 Å². The van der Waals surface area contributed by atoms with E-state index in [4.69, 9.17) is 14.2 Å². The lowest BCUT2D eigenvalue weighted by atomic mass is 10.1. The number of methoxy groups -OCH3 is 3. The van der Waals surface area contributed by atoms with Gasteiger partial charge in [0.1, 0.15) is 17.1 Å². The molecular weight excluding hydrogens is 262 g/mol. The number of hydrogen-bond donors (Lipinski definition) is 1. The average Bonchev–Trinajstić information content (AvgIpc) is 2.45. The van der Waals surface area contributed by atoms with Crippen LogP contribution >= 0.6 is 0 Å². The highest BCUT2D eigenvalue weighted by molar-refractivity contribution is 5.93. The van der Waals surface area contributed by atoms with Crippen molar-refractivity contribution >= 4 is 11.9 Å². The van der Waals surface area contributed by atoms with Gasteiger partial charge in [0, 0.05) is 13.5 Å². The third-order valence-electron chi connectivity index (χ3n) is 2.78. The molecule has 0 unspecified atom stereocenters. The second-order valence-electron chi connectivity index (χ2n) is 4.09. The molecule has 1 N–H and O–H groups in total. The Hall–Kier alpha value is -2.24. The van der Waals surface area contributed by atoms with E-state index in [1.807, 2.05) is 0 Å². The first kappa shape index (κ1) is 15.8. The number of esters is 1. The second kappa shape index (κ2) is 7.37. The van der Waals surface area contributed by atoms with Gasteiger partial charge in [0.25, 0.3) is 0 Å². The van der Waals surface area contributed by atoms with Crippen LogP contribution in [0.15, 0.2) is 12.1 Å². The molecule has 20 heavy (non-hydrogen) atoms. The minimum atomic E-state index is -0.492. The molecule has 1 aromatic rings. The molecule has 0 atom stereocenters. The fourth-order valence-electron chi connectivity index (χ4n) is 1.80. The molecule has 1 amide bonds. The van der Waals surface area contributed by atoms with Crippen molar-refractivity contribution in [3.8, 4) is 11.5 Å². The van der Waals surface area contributed by atoms with Crippen molar-refractivity contribution in [3.63, 3.8) is 0 Å². The van der Waals surface area contributed by atoms with E-state index in [9.17, 15) is 9.59 Å². The predicted octanol–water partition coefficient (Wildman–Crippen LogP) is 1.17. The van der Waals surface area contributed by atoms with E-state index < -0.39 is 5.97 Å². The Morgan fingerprint density at radius 3 is 2.25 bits per heavy atom. The molecule has 0 aromatic heterocycles. The number of ether oxygens (including phenoxy) is 3. The standard InChI is InChI=1S/C14H19NO5/c1-9(16)15-6-5-10-7-13(19-3)11(14(17)20-4)8-12(10)18-2/h7-8H,5-6H2,1-4H3,(H,15,16). The van der Waals surface area contributed by atoms with Crippen LogP contribution in [0.2, 0.25) is 0 Å². The minimum Gasteiger partial charge on any atom is -0.496 e. The number of rotatable bonds is 6. The van der Waals surface area contributed by atoms with E-state index >= 15 is 0 Å². The molecule has 1 rings (SSSR count). The topological polar surface area (TPSA) is 73.9 Å². The van der Waals surface area contributed by atoms with Crippen LogP contribution in [-0.4, -0.2) is 39.8 Å². The monoisotopic (exact) mass is 281 g/mol. The summed E-state index contributed by atoms with van der Waals surface area (Å²) < 4.78 is 15.2. The van der Waals surface area contributed by atoms with Gasteiger partial charge in [0.15, 0.2) is 0 Å². The normalized spacial score (nSPS) is 9.80. The van der Waals surface area contributed by atoms with E-state index in [0.29, 0.717) is 30.0 Å². The first-order valence-corrected chi connectivity index (χ1v) is 6.11. The first-order chi connectivity index (χ1) is 9.53. The Kier molecular flexibility index (Phi) is 5.83. The molecule has 0 aliphatic carbocycles. The molecule has 0 saturated heterocycles. The van der Waals surface area contributed by atoms with E-state index in [1.54, 1.807) is 12.1 Å². The van der Waals surface area contributed by atoms with Crippen molar-refractivity contribution < 1.29 is 23.8 Å². The maximum absolute atomic E-state index is 11.7. The van der Waals surface area contributed by atoms with E-state index in [2.05, 4.69) is 5.32 Å². The molecule has 0 spiro atoms. The van der Waals surface area contributed by atoms with Gasteiger partial charge in [-0.1, -0.05) is 0 Å². The van der Waals surface area contributed by atoms with Crippen LogP contribution in [-0.2, 0) is 16.0 Å². The summed E-state index contributed by atoms with van der Waals surface area (Å²) in [6.45, 7) is 1.94. The van der Waals surface area contributed by atoms with Crippen LogP contribution in [0.1, 0.15) is 22.8 Å². The quantitative estimate of drug-likeness (QED) is 0.792. The van der Waals surface area contributed by atoms with Gasteiger partial charge < -0.3 is 19.5 Å². The number of amides is 1. The van der Waals surface area contributed by atoms with E-state index in [-0.39, 0.29) is 5.91 Å². The summed E-state index contributed by atoms with van der Waals surface area (Å²) in [5.74, 6) is 0.378. The Bertz CT molecular complexity index is 499. The maximum atomic E-state index is 11.7. The van der Waals surface area contributed by atoms with Crippen LogP contribution in [0.25, 0.3) is 0 Å². The van der Waals surface area contributed by atoms with Gasteiger partial charge in [-0.3, -0.25) is 4.79 Å². The highest BCUT2D eigenvalue weighted by Gasteiger charge is 2.17. The number of carbonyl (C=O) groups excluding carboxylic acids is 2. The van der Waals surface area contributed by atoms with E-state index in [0.717, 1.165) is 5.56 Å². The fourth-order valence-corrected chi connectivity index (χ4v) is 1.80. The third-order valence-corrected chi connectivity index (χ3v) is 2.78. The summed E-state index contributed by atoms with van der Waals surface area (Å²) in [7, 11) is 4.30. The number of benzene rings is 1. The predicted molar refractivity (Wildman–Crippen MR) is 73.3 cm³/mol. The lowest BCUT2D eigenvalue weighted by molar-refractivity contribution is -0.118. The van der Waals surface area contributed by atoms with Crippen LogP contribution in [0.4, 0.5) is 0 Å². The van der Waals surface area contributed by atoms with Gasteiger partial charge in [-0.15, -0.1) is 0 Å². The molecule has 0 aliphatic rings. The van der Waals surface area contributed by atoms with Crippen molar-refractivity contribution in [1.29, 1.82) is 0 Å². The second-order valence-corrected chi connectivity index (χ2v) is 4.09. The smallest absolute Gasteiger partial charge is 0.341 e. The SMILES string of the molecule is COC(=O)c1cc(OC)c(CCNC(C)=O)cc1OC. The van der Waals surface area contributed by atoms with Gasteiger partial charge in [-0.05, 0) is 24.1 Å². The zero-order chi connectivity index (χ0) is 15.1. The highest BCUT2D eigenvalue weighted by Crippen LogP contribution is 2.29. The summed E-state index contributed by atoms with van der Waals surface area (Å²) in [5, 5.41) is 2.70. The molecular formula is C14H19NO5. The summed E-state index contributed by atoms with van der Waals surface area (Å²) in [6.07, 6.45) is 0.570. The fraction of sp³-hybridized carbons (Fsp3) is 0.429. The Balaban J connectivity index is 3.05. The van der Waals surface area contributed by atoms with Gasteiger partial charge >= 0.3 is 5.97 Å². The average molecular weight is 281 g/mol. The van der Waals surface area contributed by atoms with Crippen LogP contribution in [0.5, 0.6) is 11.5 Å². The van der Waals surface area contributed by atoms with Crippen LogP contribution < -0.4 is 14.8 Å². The molecule has 110 valence electrons. The van der Waals surface area contributed by atoms with E-state index in [1.165, 1.54) is 28.3 Å². The van der Waals surface area contributed by atoms with Crippen molar-refractivity contribution in [2.45, 2.75) is 13.3 Å². The zero-order valence-corrected chi connectivity index (χ0v) is 12.1. The summed E-state index contributed by atoms with van der Waals surface area (Å²) >= 11 is 0. The summed E-state index contributed by atoms with van der Waals surface area (Å²) in [4.78, 5) is 22.5. The maximum Gasteiger partial charge on any atom is 0.341 e. The van der Waals surface area contributed by atoms with Gasteiger partial charge in [-0.2, -0.15) is 0 Å². The molecule has 6 heteroatoms. The number of hydrogen-bond acceptors (Lipinski definition) is 5. The summed E-state index contributed by atoms with van der Waals surface area (Å²) in [6, 6.07) is 3.29. The van der Waals surface area contributed by atoms with Crippen molar-refractivity contribution in [3.05, 3.63) is 23.3 Å². The molecule has 0 fully saturated rings. The first-order valence-electron chi connectivity index (χ1n) is 6.11. The largest absolute Gasteiger partial charge is 0.496 e. The van der Waals surface area contributed by atoms with Crippen LogP contribution in [0.3, 0.4) is 0 Å². The zero-order valence-electron chi connectivity index (χ0n) is 12.1. The highest BCUT2D eigenvalue weighted by atomic mass is 16.5. The summed E-state index contributed by atoms with van der Waals surface area (Å²) in [5.41, 5.74) is 1.14. The Morgan fingerprint density at radius 2 is 1.75 bits per heavy atom. The van der Waals surface area contributed by atoms with Gasteiger partial charge in [0.2, 0.25) is 5.91 Å². The lowest BCUT2D eigenvalue weighted by Crippen LogP contribution is -2.22. The third kappa shape index (κ3) is 3.88. The molecule has 1 aromatic carbocycles. The van der Waals surface area contributed by atoms with Crippen molar-refractivity contribution in [1.82, 2.24) is 5.32 Å². The lowest BCUT2D eigenvalue weighted by Gasteiger charge is -2.14. The van der Waals surface area contributed by atoms with Gasteiger partial charge in [0.05, 0.1) is 21.3 Å². The number of carbonyl (C=O) groups is 2. The number of nitrogens with one attached hydrogen (secondary N) is 1. The molecule has 0 heterocycles.